The number of ether oxygens (including phenoxy) is 3. The Morgan fingerprint density at radius 1 is 1.22 bits per heavy atom. The molecule has 1 aliphatic rings. The third kappa shape index (κ3) is 3.07. The molecular formula is C14H21NO3. The number of hydrogen-bond acceptors (Lipinski definition) is 4. The molecule has 0 aliphatic carbocycles. The summed E-state index contributed by atoms with van der Waals surface area (Å²) in [7, 11) is 3.29. The Bertz CT molecular complexity index is 395. The van der Waals surface area contributed by atoms with E-state index in [2.05, 4.69) is 12.2 Å². The summed E-state index contributed by atoms with van der Waals surface area (Å²) in [5.41, 5.74) is 1.06. The van der Waals surface area contributed by atoms with Crippen molar-refractivity contribution in [3.8, 4) is 11.5 Å². The molecule has 1 aliphatic heterocycles. The largest absolute Gasteiger partial charge is 0.493 e. The lowest BCUT2D eigenvalue weighted by Gasteiger charge is -2.28. The maximum absolute atomic E-state index is 5.54. The van der Waals surface area contributed by atoms with Crippen LogP contribution < -0.4 is 14.8 Å². The predicted molar refractivity (Wildman–Crippen MR) is 71.6 cm³/mol. The zero-order chi connectivity index (χ0) is 13.0. The van der Waals surface area contributed by atoms with Crippen LogP contribution in [0.15, 0.2) is 18.2 Å². The highest BCUT2D eigenvalue weighted by atomic mass is 16.5. The summed E-state index contributed by atoms with van der Waals surface area (Å²) >= 11 is 0. The molecule has 2 atom stereocenters. The van der Waals surface area contributed by atoms with E-state index in [1.807, 2.05) is 18.2 Å². The van der Waals surface area contributed by atoms with Gasteiger partial charge >= 0.3 is 0 Å². The van der Waals surface area contributed by atoms with Crippen LogP contribution in [0.25, 0.3) is 0 Å². The van der Waals surface area contributed by atoms with Crippen LogP contribution in [-0.4, -0.2) is 33.0 Å². The van der Waals surface area contributed by atoms with Gasteiger partial charge in [0.05, 0.1) is 20.3 Å². The summed E-state index contributed by atoms with van der Waals surface area (Å²) < 4.78 is 16.1. The van der Waals surface area contributed by atoms with Crippen molar-refractivity contribution < 1.29 is 14.2 Å². The first kappa shape index (κ1) is 13.0. The first-order chi connectivity index (χ1) is 8.72. The molecule has 1 heterocycles. The molecule has 0 saturated carbocycles. The lowest BCUT2D eigenvalue weighted by atomic mass is 10.0. The Balaban J connectivity index is 2.04. The van der Waals surface area contributed by atoms with Gasteiger partial charge in [0.1, 0.15) is 0 Å². The van der Waals surface area contributed by atoms with E-state index in [1.165, 1.54) is 0 Å². The minimum absolute atomic E-state index is 0.330. The second-order valence-corrected chi connectivity index (χ2v) is 4.62. The van der Waals surface area contributed by atoms with Crippen molar-refractivity contribution in [2.24, 2.45) is 0 Å². The zero-order valence-electron chi connectivity index (χ0n) is 11.2. The molecule has 1 N–H and O–H groups in total. The number of anilines is 1. The van der Waals surface area contributed by atoms with Gasteiger partial charge in [-0.15, -0.1) is 0 Å². The SMILES string of the molecule is COc1ccc(NC2CCOC(C)C2)cc1OC. The van der Waals surface area contributed by atoms with Gasteiger partial charge in [-0.25, -0.2) is 0 Å². The van der Waals surface area contributed by atoms with Gasteiger partial charge in [0.2, 0.25) is 0 Å². The fourth-order valence-corrected chi connectivity index (χ4v) is 2.29. The second-order valence-electron chi connectivity index (χ2n) is 4.62. The molecule has 100 valence electrons. The Hall–Kier alpha value is -1.42. The molecule has 0 amide bonds. The minimum atomic E-state index is 0.330. The second kappa shape index (κ2) is 5.96. The predicted octanol–water partition coefficient (Wildman–Crippen LogP) is 2.68. The smallest absolute Gasteiger partial charge is 0.162 e. The van der Waals surface area contributed by atoms with E-state index in [0.717, 1.165) is 36.6 Å². The number of methoxy groups -OCH3 is 2. The van der Waals surface area contributed by atoms with Gasteiger partial charge in [0, 0.05) is 24.4 Å². The van der Waals surface area contributed by atoms with Gasteiger partial charge in [-0.3, -0.25) is 0 Å². The van der Waals surface area contributed by atoms with E-state index in [-0.39, 0.29) is 0 Å². The molecule has 0 radical (unpaired) electrons. The summed E-state index contributed by atoms with van der Waals surface area (Å²) in [5, 5.41) is 3.52. The third-order valence-corrected chi connectivity index (χ3v) is 3.24. The fraction of sp³-hybridized carbons (Fsp3) is 0.571. The van der Waals surface area contributed by atoms with E-state index >= 15 is 0 Å². The standard InChI is InChI=1S/C14H21NO3/c1-10-8-12(6-7-18-10)15-11-4-5-13(16-2)14(9-11)17-3/h4-5,9-10,12,15H,6-8H2,1-3H3. The normalized spacial score (nSPS) is 23.5. The van der Waals surface area contributed by atoms with E-state index in [9.17, 15) is 0 Å². The summed E-state index contributed by atoms with van der Waals surface area (Å²) in [6.07, 6.45) is 2.41. The summed E-state index contributed by atoms with van der Waals surface area (Å²) in [4.78, 5) is 0. The van der Waals surface area contributed by atoms with Crippen LogP contribution in [0.1, 0.15) is 19.8 Å². The van der Waals surface area contributed by atoms with Gasteiger partial charge < -0.3 is 19.5 Å². The van der Waals surface area contributed by atoms with Crippen LogP contribution in [0.2, 0.25) is 0 Å². The van der Waals surface area contributed by atoms with Gasteiger partial charge in [-0.1, -0.05) is 0 Å². The Kier molecular flexibility index (Phi) is 4.31. The van der Waals surface area contributed by atoms with Crippen molar-refractivity contribution in [2.75, 3.05) is 26.1 Å². The Labute approximate surface area is 108 Å². The highest BCUT2D eigenvalue weighted by molar-refractivity contribution is 5.55. The van der Waals surface area contributed by atoms with Crippen molar-refractivity contribution >= 4 is 5.69 Å². The van der Waals surface area contributed by atoms with Crippen molar-refractivity contribution in [1.29, 1.82) is 0 Å². The number of hydrogen-bond donors (Lipinski definition) is 1. The molecule has 4 nitrogen and oxygen atoms in total. The van der Waals surface area contributed by atoms with E-state index < -0.39 is 0 Å². The van der Waals surface area contributed by atoms with Crippen LogP contribution >= 0.6 is 0 Å². The van der Waals surface area contributed by atoms with Crippen LogP contribution in [0.3, 0.4) is 0 Å². The minimum Gasteiger partial charge on any atom is -0.493 e. The molecule has 0 aromatic heterocycles. The molecule has 0 spiro atoms. The van der Waals surface area contributed by atoms with Crippen LogP contribution in [0.4, 0.5) is 5.69 Å². The molecule has 1 saturated heterocycles. The van der Waals surface area contributed by atoms with Crippen molar-refractivity contribution in [1.82, 2.24) is 0 Å². The van der Waals surface area contributed by atoms with Crippen LogP contribution in [-0.2, 0) is 4.74 Å². The summed E-state index contributed by atoms with van der Waals surface area (Å²) in [6.45, 7) is 2.94. The first-order valence-corrected chi connectivity index (χ1v) is 6.33. The highest BCUT2D eigenvalue weighted by Crippen LogP contribution is 2.30. The van der Waals surface area contributed by atoms with Gasteiger partial charge in [0.15, 0.2) is 11.5 Å². The third-order valence-electron chi connectivity index (χ3n) is 3.24. The van der Waals surface area contributed by atoms with Crippen LogP contribution in [0.5, 0.6) is 11.5 Å². The molecule has 1 aromatic carbocycles. The van der Waals surface area contributed by atoms with Crippen molar-refractivity contribution in [3.63, 3.8) is 0 Å². The van der Waals surface area contributed by atoms with E-state index in [1.54, 1.807) is 14.2 Å². The molecule has 1 aromatic rings. The zero-order valence-corrected chi connectivity index (χ0v) is 11.2. The lowest BCUT2D eigenvalue weighted by Crippen LogP contribution is -2.32. The van der Waals surface area contributed by atoms with E-state index in [4.69, 9.17) is 14.2 Å². The maximum Gasteiger partial charge on any atom is 0.162 e. The Morgan fingerprint density at radius 2 is 2.00 bits per heavy atom. The van der Waals surface area contributed by atoms with E-state index in [0.29, 0.717) is 12.1 Å². The molecule has 0 bridgehead atoms. The quantitative estimate of drug-likeness (QED) is 0.893. The molecule has 1 fully saturated rings. The van der Waals surface area contributed by atoms with Gasteiger partial charge in [-0.2, -0.15) is 0 Å². The Morgan fingerprint density at radius 3 is 2.67 bits per heavy atom. The van der Waals surface area contributed by atoms with Gasteiger partial charge in [0.25, 0.3) is 0 Å². The summed E-state index contributed by atoms with van der Waals surface area (Å²) in [6, 6.07) is 6.37. The number of benzene rings is 1. The molecular weight excluding hydrogens is 230 g/mol. The molecule has 2 rings (SSSR count). The average molecular weight is 251 g/mol. The summed E-state index contributed by atoms with van der Waals surface area (Å²) in [5.74, 6) is 1.51. The first-order valence-electron chi connectivity index (χ1n) is 6.33. The molecule has 4 heteroatoms. The van der Waals surface area contributed by atoms with Crippen LogP contribution in [0, 0.1) is 0 Å². The van der Waals surface area contributed by atoms with Gasteiger partial charge in [-0.05, 0) is 31.9 Å². The highest BCUT2D eigenvalue weighted by Gasteiger charge is 2.19. The molecule has 18 heavy (non-hydrogen) atoms. The number of rotatable bonds is 4. The number of nitrogens with one attached hydrogen (secondary N) is 1. The monoisotopic (exact) mass is 251 g/mol. The van der Waals surface area contributed by atoms with Crippen molar-refractivity contribution in [3.05, 3.63) is 18.2 Å². The topological polar surface area (TPSA) is 39.7 Å². The van der Waals surface area contributed by atoms with Crippen molar-refractivity contribution in [2.45, 2.75) is 31.9 Å². The fourth-order valence-electron chi connectivity index (χ4n) is 2.29. The molecule has 2 unspecified atom stereocenters. The lowest BCUT2D eigenvalue weighted by molar-refractivity contribution is 0.0232. The average Bonchev–Trinajstić information content (AvgIpc) is 2.38. The maximum atomic E-state index is 5.54.